The van der Waals surface area contributed by atoms with Gasteiger partial charge in [-0.1, -0.05) is 61.9 Å². The zero-order chi connectivity index (χ0) is 19.6. The molecule has 0 unspecified atom stereocenters. The minimum absolute atomic E-state index is 0.627. The van der Waals surface area contributed by atoms with Crippen molar-refractivity contribution in [1.29, 1.82) is 5.26 Å². The average molecular weight is 369 g/mol. The quantitative estimate of drug-likeness (QED) is 0.371. The van der Waals surface area contributed by atoms with Gasteiger partial charge in [0.05, 0.1) is 30.6 Å². The Morgan fingerprint density at radius 3 is 2.04 bits per heavy atom. The minimum Gasteiger partial charge on any atom is -0.490 e. The Balaban J connectivity index is 1.60. The standard InChI is InChI=1S/C24H23N3O/c1-2-3-4-5-6-15-28-23-17-26-24(27-18-23)22-13-11-21(12-14-22)20-9-7-19(16-25)8-10-20/h4-5,7-14,17-18H,2-3,6,15H2,1H3. The Morgan fingerprint density at radius 2 is 1.43 bits per heavy atom. The molecule has 0 atom stereocenters. The Morgan fingerprint density at radius 1 is 0.857 bits per heavy atom. The molecule has 0 saturated heterocycles. The Kier molecular flexibility index (Phi) is 6.92. The highest BCUT2D eigenvalue weighted by molar-refractivity contribution is 5.68. The van der Waals surface area contributed by atoms with Crippen molar-refractivity contribution in [3.05, 3.63) is 78.6 Å². The maximum absolute atomic E-state index is 8.90. The van der Waals surface area contributed by atoms with Crippen molar-refractivity contribution in [2.24, 2.45) is 0 Å². The maximum Gasteiger partial charge on any atom is 0.159 e. The summed E-state index contributed by atoms with van der Waals surface area (Å²) in [6.07, 6.45) is 10.9. The Bertz CT molecular complexity index is 937. The van der Waals surface area contributed by atoms with Gasteiger partial charge in [0.15, 0.2) is 11.6 Å². The van der Waals surface area contributed by atoms with Crippen molar-refractivity contribution in [3.63, 3.8) is 0 Å². The summed E-state index contributed by atoms with van der Waals surface area (Å²) in [5.41, 5.74) is 3.77. The third kappa shape index (κ3) is 5.28. The monoisotopic (exact) mass is 369 g/mol. The first kappa shape index (κ1) is 19.3. The minimum atomic E-state index is 0.627. The number of allylic oxidation sites excluding steroid dienone is 1. The van der Waals surface area contributed by atoms with E-state index < -0.39 is 0 Å². The van der Waals surface area contributed by atoms with E-state index in [2.05, 4.69) is 35.1 Å². The highest BCUT2D eigenvalue weighted by atomic mass is 16.5. The van der Waals surface area contributed by atoms with Crippen molar-refractivity contribution in [3.8, 4) is 34.3 Å². The molecule has 28 heavy (non-hydrogen) atoms. The van der Waals surface area contributed by atoms with Crippen molar-refractivity contribution in [2.45, 2.75) is 26.2 Å². The van der Waals surface area contributed by atoms with Crippen LogP contribution in [0.25, 0.3) is 22.5 Å². The van der Waals surface area contributed by atoms with Crippen molar-refractivity contribution < 1.29 is 4.74 Å². The number of aromatic nitrogens is 2. The van der Waals surface area contributed by atoms with Gasteiger partial charge in [-0.25, -0.2) is 9.97 Å². The molecule has 0 radical (unpaired) electrons. The lowest BCUT2D eigenvalue weighted by Crippen LogP contribution is -1.98. The maximum atomic E-state index is 8.90. The van der Waals surface area contributed by atoms with E-state index in [9.17, 15) is 0 Å². The lowest BCUT2D eigenvalue weighted by Gasteiger charge is -2.06. The molecule has 1 aromatic heterocycles. The van der Waals surface area contributed by atoms with Crippen molar-refractivity contribution in [1.82, 2.24) is 9.97 Å². The smallest absolute Gasteiger partial charge is 0.159 e. The number of unbranched alkanes of at least 4 members (excludes halogenated alkanes) is 1. The largest absolute Gasteiger partial charge is 0.490 e. The number of rotatable bonds is 8. The molecule has 0 amide bonds. The third-order valence-electron chi connectivity index (χ3n) is 4.29. The van der Waals surface area contributed by atoms with Gasteiger partial charge in [-0.2, -0.15) is 5.26 Å². The van der Waals surface area contributed by atoms with Crippen LogP contribution < -0.4 is 4.74 Å². The zero-order valence-corrected chi connectivity index (χ0v) is 16.0. The van der Waals surface area contributed by atoms with Gasteiger partial charge in [-0.3, -0.25) is 0 Å². The number of benzene rings is 2. The second-order valence-corrected chi connectivity index (χ2v) is 6.41. The molecule has 0 bridgehead atoms. The van der Waals surface area contributed by atoms with Crippen LogP contribution in [0.3, 0.4) is 0 Å². The van der Waals surface area contributed by atoms with E-state index in [1.807, 2.05) is 48.5 Å². The van der Waals surface area contributed by atoms with Crippen LogP contribution in [0, 0.1) is 11.3 Å². The second kappa shape index (κ2) is 10.0. The molecule has 0 aliphatic heterocycles. The lowest BCUT2D eigenvalue weighted by atomic mass is 10.0. The number of ether oxygens (including phenoxy) is 1. The molecule has 3 rings (SSSR count). The highest BCUT2D eigenvalue weighted by Crippen LogP contribution is 2.24. The van der Waals surface area contributed by atoms with Gasteiger partial charge in [0.2, 0.25) is 0 Å². The summed E-state index contributed by atoms with van der Waals surface area (Å²) in [6.45, 7) is 2.79. The fourth-order valence-corrected chi connectivity index (χ4v) is 2.74. The van der Waals surface area contributed by atoms with Gasteiger partial charge >= 0.3 is 0 Å². The molecule has 4 heteroatoms. The summed E-state index contributed by atoms with van der Waals surface area (Å²) < 4.78 is 5.67. The first-order chi connectivity index (χ1) is 13.8. The van der Waals surface area contributed by atoms with Crippen molar-refractivity contribution >= 4 is 0 Å². The number of nitrogens with zero attached hydrogens (tertiary/aromatic N) is 3. The summed E-state index contributed by atoms with van der Waals surface area (Å²) >= 11 is 0. The summed E-state index contributed by atoms with van der Waals surface area (Å²) in [7, 11) is 0. The summed E-state index contributed by atoms with van der Waals surface area (Å²) in [4.78, 5) is 8.82. The predicted octanol–water partition coefficient (Wildman–Crippen LogP) is 5.81. The molecular formula is C24H23N3O. The second-order valence-electron chi connectivity index (χ2n) is 6.41. The SMILES string of the molecule is CCCC=CCCOc1cnc(-c2ccc(-c3ccc(C#N)cc3)cc2)nc1. The van der Waals surface area contributed by atoms with Gasteiger partial charge in [0.25, 0.3) is 0 Å². The average Bonchev–Trinajstić information content (AvgIpc) is 2.77. The van der Waals surface area contributed by atoms with Crippen LogP contribution in [-0.2, 0) is 0 Å². The Labute approximate surface area is 166 Å². The highest BCUT2D eigenvalue weighted by Gasteiger charge is 2.04. The van der Waals surface area contributed by atoms with Crippen LogP contribution in [0.2, 0.25) is 0 Å². The molecule has 0 N–H and O–H groups in total. The molecule has 140 valence electrons. The molecule has 2 aromatic carbocycles. The zero-order valence-electron chi connectivity index (χ0n) is 16.0. The van der Waals surface area contributed by atoms with Crippen LogP contribution in [-0.4, -0.2) is 16.6 Å². The molecule has 0 fully saturated rings. The van der Waals surface area contributed by atoms with E-state index in [1.165, 1.54) is 6.42 Å². The predicted molar refractivity (Wildman–Crippen MR) is 112 cm³/mol. The molecule has 0 aliphatic carbocycles. The van der Waals surface area contributed by atoms with Gasteiger partial charge in [-0.15, -0.1) is 0 Å². The van der Waals surface area contributed by atoms with Gasteiger partial charge in [0.1, 0.15) is 0 Å². The first-order valence-electron chi connectivity index (χ1n) is 9.51. The molecule has 0 spiro atoms. The molecule has 3 aromatic rings. The van der Waals surface area contributed by atoms with Gasteiger partial charge < -0.3 is 4.74 Å². The van der Waals surface area contributed by atoms with E-state index in [0.717, 1.165) is 29.5 Å². The van der Waals surface area contributed by atoms with E-state index >= 15 is 0 Å². The summed E-state index contributed by atoms with van der Waals surface area (Å²) in [6, 6.07) is 17.8. The fourth-order valence-electron chi connectivity index (χ4n) is 2.74. The lowest BCUT2D eigenvalue weighted by molar-refractivity contribution is 0.322. The van der Waals surface area contributed by atoms with E-state index in [1.54, 1.807) is 12.4 Å². The van der Waals surface area contributed by atoms with Crippen LogP contribution >= 0.6 is 0 Å². The third-order valence-corrected chi connectivity index (χ3v) is 4.29. The molecule has 1 heterocycles. The van der Waals surface area contributed by atoms with Crippen LogP contribution in [0.1, 0.15) is 31.7 Å². The Hall–Kier alpha value is -3.45. The number of hydrogen-bond donors (Lipinski definition) is 0. The summed E-state index contributed by atoms with van der Waals surface area (Å²) in [5, 5.41) is 8.90. The fraction of sp³-hybridized carbons (Fsp3) is 0.208. The topological polar surface area (TPSA) is 58.8 Å². The normalized spacial score (nSPS) is 10.7. The molecular weight excluding hydrogens is 346 g/mol. The van der Waals surface area contributed by atoms with E-state index in [0.29, 0.717) is 23.7 Å². The van der Waals surface area contributed by atoms with Crippen molar-refractivity contribution in [2.75, 3.05) is 6.61 Å². The first-order valence-corrected chi connectivity index (χ1v) is 9.51. The van der Waals surface area contributed by atoms with Crippen LogP contribution in [0.5, 0.6) is 5.75 Å². The number of nitriles is 1. The van der Waals surface area contributed by atoms with Gasteiger partial charge in [0, 0.05) is 5.56 Å². The van der Waals surface area contributed by atoms with Gasteiger partial charge in [-0.05, 0) is 36.1 Å². The van der Waals surface area contributed by atoms with E-state index in [4.69, 9.17) is 10.00 Å². The van der Waals surface area contributed by atoms with E-state index in [-0.39, 0.29) is 0 Å². The molecule has 0 aliphatic rings. The number of hydrogen-bond acceptors (Lipinski definition) is 4. The molecule has 4 nitrogen and oxygen atoms in total. The van der Waals surface area contributed by atoms with Crippen LogP contribution in [0.15, 0.2) is 73.1 Å². The molecule has 0 saturated carbocycles. The summed E-state index contributed by atoms with van der Waals surface area (Å²) in [5.74, 6) is 1.35. The van der Waals surface area contributed by atoms with Crippen LogP contribution in [0.4, 0.5) is 0 Å².